The predicted octanol–water partition coefficient (Wildman–Crippen LogP) is 3.15. The third kappa shape index (κ3) is 5.55. The molecule has 0 amide bonds. The Morgan fingerprint density at radius 1 is 1.47 bits per heavy atom. The molecular weight excluding hydrogens is 268 g/mol. The van der Waals surface area contributed by atoms with E-state index in [0.29, 0.717) is 23.2 Å². The first-order valence-electron chi connectivity index (χ1n) is 6.25. The molecule has 1 aromatic rings. The Kier molecular flexibility index (Phi) is 6.77. The lowest BCUT2D eigenvalue weighted by molar-refractivity contribution is -0.385. The summed E-state index contributed by atoms with van der Waals surface area (Å²) in [6.07, 6.45) is 0.858. The molecule has 0 aliphatic heterocycles. The molecule has 0 spiro atoms. The van der Waals surface area contributed by atoms with Crippen LogP contribution in [0.25, 0.3) is 0 Å². The van der Waals surface area contributed by atoms with Crippen LogP contribution in [0.2, 0.25) is 5.02 Å². The van der Waals surface area contributed by atoms with Crippen molar-refractivity contribution in [2.45, 2.75) is 32.9 Å². The van der Waals surface area contributed by atoms with Gasteiger partial charge in [-0.2, -0.15) is 0 Å². The van der Waals surface area contributed by atoms with E-state index >= 15 is 0 Å². The van der Waals surface area contributed by atoms with Gasteiger partial charge < -0.3 is 10.1 Å². The Morgan fingerprint density at radius 3 is 2.84 bits per heavy atom. The van der Waals surface area contributed by atoms with Crippen molar-refractivity contribution in [3.63, 3.8) is 0 Å². The van der Waals surface area contributed by atoms with Gasteiger partial charge >= 0.3 is 0 Å². The molecule has 0 atom stereocenters. The van der Waals surface area contributed by atoms with Crippen LogP contribution in [0.3, 0.4) is 0 Å². The second-order valence-electron chi connectivity index (χ2n) is 4.51. The second-order valence-corrected chi connectivity index (χ2v) is 4.92. The van der Waals surface area contributed by atoms with Gasteiger partial charge in [-0.05, 0) is 19.0 Å². The van der Waals surface area contributed by atoms with Crippen molar-refractivity contribution in [2.24, 2.45) is 0 Å². The molecule has 106 valence electrons. The first kappa shape index (κ1) is 15.9. The molecule has 0 unspecified atom stereocenters. The van der Waals surface area contributed by atoms with Gasteiger partial charge in [0.15, 0.2) is 0 Å². The van der Waals surface area contributed by atoms with Crippen molar-refractivity contribution >= 4 is 17.3 Å². The van der Waals surface area contributed by atoms with Gasteiger partial charge in [-0.3, -0.25) is 10.1 Å². The minimum Gasteiger partial charge on any atom is -0.376 e. The molecule has 0 bridgehead atoms. The summed E-state index contributed by atoms with van der Waals surface area (Å²) in [5.41, 5.74) is 0.443. The van der Waals surface area contributed by atoms with Gasteiger partial charge in [0.25, 0.3) is 5.69 Å². The summed E-state index contributed by atoms with van der Waals surface area (Å²) >= 11 is 5.96. The van der Waals surface area contributed by atoms with E-state index in [2.05, 4.69) is 19.2 Å². The maximum Gasteiger partial charge on any atom is 0.276 e. The molecule has 0 saturated heterocycles. The van der Waals surface area contributed by atoms with Gasteiger partial charge in [0, 0.05) is 18.7 Å². The summed E-state index contributed by atoms with van der Waals surface area (Å²) in [6.45, 7) is 5.73. The zero-order valence-electron chi connectivity index (χ0n) is 11.2. The average molecular weight is 287 g/mol. The number of nitro benzene ring substituents is 1. The highest BCUT2D eigenvalue weighted by atomic mass is 35.5. The number of benzene rings is 1. The van der Waals surface area contributed by atoms with Gasteiger partial charge in [0.2, 0.25) is 0 Å². The highest BCUT2D eigenvalue weighted by Crippen LogP contribution is 2.26. The summed E-state index contributed by atoms with van der Waals surface area (Å²) in [6, 6.07) is 5.08. The number of hydrogen-bond acceptors (Lipinski definition) is 4. The molecule has 6 heteroatoms. The fraction of sp³-hybridized carbons (Fsp3) is 0.538. The zero-order chi connectivity index (χ0) is 14.3. The van der Waals surface area contributed by atoms with Crippen LogP contribution in [0.15, 0.2) is 18.2 Å². The van der Waals surface area contributed by atoms with Crippen LogP contribution in [0.4, 0.5) is 5.69 Å². The molecule has 0 aliphatic carbocycles. The van der Waals surface area contributed by atoms with Gasteiger partial charge in [0.1, 0.15) is 0 Å². The Labute approximate surface area is 118 Å². The summed E-state index contributed by atoms with van der Waals surface area (Å²) in [5, 5.41) is 14.5. The van der Waals surface area contributed by atoms with E-state index < -0.39 is 4.92 Å². The molecule has 1 aromatic carbocycles. The largest absolute Gasteiger partial charge is 0.376 e. The molecule has 0 aromatic heterocycles. The number of nitrogens with zero attached hydrogens (tertiary/aromatic N) is 1. The lowest BCUT2D eigenvalue weighted by Crippen LogP contribution is -2.24. The van der Waals surface area contributed by atoms with Crippen LogP contribution in [-0.2, 0) is 11.3 Å². The summed E-state index contributed by atoms with van der Waals surface area (Å²) in [4.78, 5) is 10.4. The quantitative estimate of drug-likeness (QED) is 0.453. The summed E-state index contributed by atoms with van der Waals surface area (Å²) in [7, 11) is 0. The zero-order valence-corrected chi connectivity index (χ0v) is 11.9. The van der Waals surface area contributed by atoms with E-state index in [9.17, 15) is 10.1 Å². The minimum absolute atomic E-state index is 0.00723. The number of nitro groups is 1. The highest BCUT2D eigenvalue weighted by molar-refractivity contribution is 6.31. The average Bonchev–Trinajstić information content (AvgIpc) is 2.34. The fourth-order valence-electron chi connectivity index (χ4n) is 1.60. The molecule has 19 heavy (non-hydrogen) atoms. The fourth-order valence-corrected chi connectivity index (χ4v) is 1.82. The first-order valence-corrected chi connectivity index (χ1v) is 6.63. The number of halogens is 1. The maximum atomic E-state index is 10.9. The highest BCUT2D eigenvalue weighted by Gasteiger charge is 2.16. The van der Waals surface area contributed by atoms with Crippen molar-refractivity contribution in [3.8, 4) is 0 Å². The predicted molar refractivity (Wildman–Crippen MR) is 75.5 cm³/mol. The first-order chi connectivity index (χ1) is 9.02. The third-order valence-corrected chi connectivity index (χ3v) is 2.91. The van der Waals surface area contributed by atoms with Crippen molar-refractivity contribution in [2.75, 3.05) is 13.2 Å². The van der Waals surface area contributed by atoms with Crippen LogP contribution < -0.4 is 5.32 Å². The summed E-state index contributed by atoms with van der Waals surface area (Å²) < 4.78 is 5.44. The van der Waals surface area contributed by atoms with E-state index in [-0.39, 0.29) is 12.3 Å². The molecule has 0 saturated carbocycles. The Bertz CT molecular complexity index is 424. The van der Waals surface area contributed by atoms with E-state index in [1.807, 2.05) is 0 Å². The van der Waals surface area contributed by atoms with E-state index in [1.54, 1.807) is 12.1 Å². The van der Waals surface area contributed by atoms with Crippen molar-refractivity contribution in [3.05, 3.63) is 38.9 Å². The summed E-state index contributed by atoms with van der Waals surface area (Å²) in [5.74, 6) is 0. The monoisotopic (exact) mass is 286 g/mol. The molecule has 0 fully saturated rings. The molecular formula is C13H19ClN2O3. The van der Waals surface area contributed by atoms with Gasteiger partial charge in [0.05, 0.1) is 22.1 Å². The molecule has 0 heterocycles. The van der Waals surface area contributed by atoms with E-state index in [1.165, 1.54) is 6.07 Å². The smallest absolute Gasteiger partial charge is 0.276 e. The SMILES string of the molecule is CC(C)NCCCOCc1c(Cl)cccc1[N+](=O)[O-]. The number of ether oxygens (including phenoxy) is 1. The number of hydrogen-bond donors (Lipinski definition) is 1. The van der Waals surface area contributed by atoms with Crippen LogP contribution >= 0.6 is 11.6 Å². The number of nitrogens with one attached hydrogen (secondary N) is 1. The molecule has 5 nitrogen and oxygen atoms in total. The van der Waals surface area contributed by atoms with Crippen LogP contribution in [-0.4, -0.2) is 24.1 Å². The lowest BCUT2D eigenvalue weighted by Gasteiger charge is -2.09. The van der Waals surface area contributed by atoms with Crippen LogP contribution in [0.5, 0.6) is 0 Å². The molecule has 1 N–H and O–H groups in total. The van der Waals surface area contributed by atoms with Crippen LogP contribution in [0.1, 0.15) is 25.8 Å². The Balaban J connectivity index is 2.43. The Morgan fingerprint density at radius 2 is 2.21 bits per heavy atom. The number of rotatable bonds is 8. The van der Waals surface area contributed by atoms with Crippen LogP contribution in [0, 0.1) is 10.1 Å². The van der Waals surface area contributed by atoms with Gasteiger partial charge in [-0.15, -0.1) is 0 Å². The Hall–Kier alpha value is -1.17. The maximum absolute atomic E-state index is 10.9. The minimum atomic E-state index is -0.440. The van der Waals surface area contributed by atoms with Gasteiger partial charge in [-0.1, -0.05) is 31.5 Å². The van der Waals surface area contributed by atoms with E-state index in [4.69, 9.17) is 16.3 Å². The molecule has 0 radical (unpaired) electrons. The normalized spacial score (nSPS) is 10.9. The van der Waals surface area contributed by atoms with E-state index in [0.717, 1.165) is 13.0 Å². The molecule has 1 rings (SSSR count). The third-order valence-electron chi connectivity index (χ3n) is 2.56. The second kappa shape index (κ2) is 8.09. The lowest BCUT2D eigenvalue weighted by atomic mass is 10.2. The van der Waals surface area contributed by atoms with Crippen molar-refractivity contribution < 1.29 is 9.66 Å². The topological polar surface area (TPSA) is 64.4 Å². The van der Waals surface area contributed by atoms with Crippen molar-refractivity contribution in [1.29, 1.82) is 0 Å². The van der Waals surface area contributed by atoms with Gasteiger partial charge in [-0.25, -0.2) is 0 Å². The van der Waals surface area contributed by atoms with Crippen molar-refractivity contribution in [1.82, 2.24) is 5.32 Å². The molecule has 0 aliphatic rings. The standard InChI is InChI=1S/C13H19ClN2O3/c1-10(2)15-7-4-8-19-9-11-12(14)5-3-6-13(11)16(17)18/h3,5-6,10,15H,4,7-9H2,1-2H3.